The molecule has 0 saturated heterocycles. The summed E-state index contributed by atoms with van der Waals surface area (Å²) in [6.07, 6.45) is 5.14. The number of nitrogens with zero attached hydrogens (tertiary/aromatic N) is 1. The number of nitrogens with one attached hydrogen (secondary N) is 2. The SMILES string of the molecule is O=C(OCCCO)C1=C(Nc2ccccc2Cl)O/C(=C\c2c[nH]c3ncccc23)C1=O. The molecule has 158 valence electrons. The number of carbonyl (C=O) groups is 2. The third kappa shape index (κ3) is 4.30. The monoisotopic (exact) mass is 439 g/mol. The first-order valence-electron chi connectivity index (χ1n) is 9.48. The van der Waals surface area contributed by atoms with Crippen molar-refractivity contribution >= 4 is 46.2 Å². The summed E-state index contributed by atoms with van der Waals surface area (Å²) in [6, 6.07) is 10.5. The highest BCUT2D eigenvalue weighted by molar-refractivity contribution is 6.33. The van der Waals surface area contributed by atoms with E-state index >= 15 is 0 Å². The smallest absolute Gasteiger partial charge is 0.347 e. The van der Waals surface area contributed by atoms with Crippen LogP contribution in [0.4, 0.5) is 5.69 Å². The van der Waals surface area contributed by atoms with Crippen LogP contribution in [-0.4, -0.2) is 40.0 Å². The molecule has 31 heavy (non-hydrogen) atoms. The third-order valence-corrected chi connectivity index (χ3v) is 4.85. The van der Waals surface area contributed by atoms with Gasteiger partial charge in [-0.25, -0.2) is 9.78 Å². The second-order valence-corrected chi connectivity index (χ2v) is 7.01. The zero-order valence-electron chi connectivity index (χ0n) is 16.2. The molecule has 9 heteroatoms. The van der Waals surface area contributed by atoms with Crippen LogP contribution >= 0.6 is 11.6 Å². The molecule has 0 saturated carbocycles. The lowest BCUT2D eigenvalue weighted by atomic mass is 10.1. The van der Waals surface area contributed by atoms with E-state index < -0.39 is 11.8 Å². The fourth-order valence-electron chi connectivity index (χ4n) is 3.03. The van der Waals surface area contributed by atoms with Crippen molar-refractivity contribution in [2.45, 2.75) is 6.42 Å². The Kier molecular flexibility index (Phi) is 6.01. The summed E-state index contributed by atoms with van der Waals surface area (Å²) in [5.74, 6) is -1.59. The molecular formula is C22H18ClN3O5. The number of aliphatic hydroxyl groups is 1. The van der Waals surface area contributed by atoms with E-state index in [1.807, 2.05) is 6.07 Å². The zero-order valence-corrected chi connectivity index (χ0v) is 17.0. The Labute approximate surface area is 182 Å². The predicted molar refractivity (Wildman–Crippen MR) is 115 cm³/mol. The Morgan fingerprint density at radius 1 is 1.29 bits per heavy atom. The van der Waals surface area contributed by atoms with E-state index in [0.717, 1.165) is 5.39 Å². The lowest BCUT2D eigenvalue weighted by Gasteiger charge is -2.10. The molecule has 0 radical (unpaired) electrons. The number of fused-ring (bicyclic) bond motifs is 1. The van der Waals surface area contributed by atoms with Gasteiger partial charge >= 0.3 is 5.97 Å². The first kappa shape index (κ1) is 20.6. The molecule has 1 aliphatic rings. The molecule has 3 N–H and O–H groups in total. The Balaban J connectivity index is 1.68. The van der Waals surface area contributed by atoms with Gasteiger partial charge in [0.2, 0.25) is 11.7 Å². The number of carbonyl (C=O) groups excluding carboxylic acids is 2. The predicted octanol–water partition coefficient (Wildman–Crippen LogP) is 3.41. The van der Waals surface area contributed by atoms with Crippen molar-refractivity contribution in [1.29, 1.82) is 0 Å². The van der Waals surface area contributed by atoms with Crippen LogP contribution in [0.25, 0.3) is 17.1 Å². The zero-order chi connectivity index (χ0) is 21.8. The summed E-state index contributed by atoms with van der Waals surface area (Å²) in [4.78, 5) is 32.9. The van der Waals surface area contributed by atoms with Gasteiger partial charge in [0.15, 0.2) is 11.3 Å². The summed E-state index contributed by atoms with van der Waals surface area (Å²) >= 11 is 6.19. The molecule has 3 aromatic rings. The molecule has 0 amide bonds. The average Bonchev–Trinajstić information content (AvgIpc) is 3.31. The van der Waals surface area contributed by atoms with Gasteiger partial charge in [0.05, 0.1) is 17.3 Å². The van der Waals surface area contributed by atoms with Gasteiger partial charge in [-0.2, -0.15) is 0 Å². The standard InChI is InChI=1S/C22H18ClN3O5/c23-15-6-1-2-7-16(15)26-21-18(22(29)30-10-4-9-27)19(28)17(31-21)11-13-12-25-20-14(13)5-3-8-24-20/h1-3,5-8,11-12,26-27H,4,9-10H2,(H,24,25)/b17-11-. The lowest BCUT2D eigenvalue weighted by molar-refractivity contribution is -0.140. The normalized spacial score (nSPS) is 14.9. The van der Waals surface area contributed by atoms with Gasteiger partial charge in [-0.3, -0.25) is 4.79 Å². The minimum absolute atomic E-state index is 0.0291. The fourth-order valence-corrected chi connectivity index (χ4v) is 3.21. The number of aliphatic hydroxyl groups excluding tert-OH is 1. The molecule has 0 aliphatic carbocycles. The number of ketones is 1. The van der Waals surface area contributed by atoms with Gasteiger partial charge < -0.3 is 24.9 Å². The van der Waals surface area contributed by atoms with Gasteiger partial charge in [-0.05, 0) is 30.3 Å². The van der Waals surface area contributed by atoms with Gasteiger partial charge in [-0.15, -0.1) is 0 Å². The summed E-state index contributed by atoms with van der Waals surface area (Å²) in [6.45, 7) is -0.167. The van der Waals surface area contributed by atoms with E-state index in [-0.39, 0.29) is 36.8 Å². The van der Waals surface area contributed by atoms with E-state index in [2.05, 4.69) is 15.3 Å². The van der Waals surface area contributed by atoms with Crippen molar-refractivity contribution in [2.24, 2.45) is 0 Å². The molecule has 0 atom stereocenters. The Morgan fingerprint density at radius 2 is 2.13 bits per heavy atom. The van der Waals surface area contributed by atoms with Gasteiger partial charge in [0.1, 0.15) is 5.65 Å². The number of anilines is 1. The Bertz CT molecular complexity index is 1210. The van der Waals surface area contributed by atoms with E-state index in [0.29, 0.717) is 21.9 Å². The van der Waals surface area contributed by atoms with E-state index in [4.69, 9.17) is 26.2 Å². The maximum atomic E-state index is 13.0. The fraction of sp³-hybridized carbons (Fsp3) is 0.136. The van der Waals surface area contributed by atoms with E-state index in [1.165, 1.54) is 6.08 Å². The molecule has 8 nitrogen and oxygen atoms in total. The molecule has 0 bridgehead atoms. The number of H-pyrrole nitrogens is 1. The number of para-hydroxylation sites is 1. The van der Waals surface area contributed by atoms with Gasteiger partial charge in [-0.1, -0.05) is 23.7 Å². The van der Waals surface area contributed by atoms with Gasteiger partial charge in [0, 0.05) is 36.4 Å². The number of rotatable bonds is 7. The number of hydrogen-bond acceptors (Lipinski definition) is 7. The highest BCUT2D eigenvalue weighted by Gasteiger charge is 2.37. The maximum absolute atomic E-state index is 13.0. The summed E-state index contributed by atoms with van der Waals surface area (Å²) in [5.41, 5.74) is 1.52. The van der Waals surface area contributed by atoms with Crippen molar-refractivity contribution < 1.29 is 24.2 Å². The van der Waals surface area contributed by atoms with Crippen molar-refractivity contribution in [3.05, 3.63) is 76.6 Å². The molecular weight excluding hydrogens is 422 g/mol. The van der Waals surface area contributed by atoms with Crippen molar-refractivity contribution in [3.8, 4) is 0 Å². The van der Waals surface area contributed by atoms with Crippen LogP contribution in [0.1, 0.15) is 12.0 Å². The van der Waals surface area contributed by atoms with Crippen LogP contribution in [0.15, 0.2) is 66.0 Å². The second kappa shape index (κ2) is 9.03. The number of benzene rings is 1. The number of hydrogen-bond donors (Lipinski definition) is 3. The number of halogens is 1. The molecule has 1 aromatic carbocycles. The van der Waals surface area contributed by atoms with E-state index in [9.17, 15) is 9.59 Å². The first-order valence-corrected chi connectivity index (χ1v) is 9.86. The molecule has 2 aromatic heterocycles. The number of allylic oxidation sites excluding steroid dienone is 1. The molecule has 3 heterocycles. The van der Waals surface area contributed by atoms with E-state index in [1.54, 1.807) is 42.7 Å². The number of aromatic amines is 1. The van der Waals surface area contributed by atoms with Crippen LogP contribution in [-0.2, 0) is 19.1 Å². The Morgan fingerprint density at radius 3 is 2.94 bits per heavy atom. The number of ether oxygens (including phenoxy) is 2. The highest BCUT2D eigenvalue weighted by atomic mass is 35.5. The average molecular weight is 440 g/mol. The minimum Gasteiger partial charge on any atom is -0.462 e. The summed E-state index contributed by atoms with van der Waals surface area (Å²) in [5, 5.41) is 13.0. The van der Waals surface area contributed by atoms with Gasteiger partial charge in [0.25, 0.3) is 0 Å². The largest absolute Gasteiger partial charge is 0.462 e. The summed E-state index contributed by atoms with van der Waals surface area (Å²) < 4.78 is 10.8. The molecule has 4 rings (SSSR count). The molecule has 0 spiro atoms. The van der Waals surface area contributed by atoms with Crippen LogP contribution < -0.4 is 5.32 Å². The molecule has 1 aliphatic heterocycles. The maximum Gasteiger partial charge on any atom is 0.347 e. The summed E-state index contributed by atoms with van der Waals surface area (Å²) in [7, 11) is 0. The van der Waals surface area contributed by atoms with Crippen molar-refractivity contribution in [2.75, 3.05) is 18.5 Å². The highest BCUT2D eigenvalue weighted by Crippen LogP contribution is 2.32. The van der Waals surface area contributed by atoms with Crippen molar-refractivity contribution in [1.82, 2.24) is 9.97 Å². The minimum atomic E-state index is -0.850. The number of pyridine rings is 1. The van der Waals surface area contributed by atoms with Crippen LogP contribution in [0.3, 0.4) is 0 Å². The topological polar surface area (TPSA) is 114 Å². The van der Waals surface area contributed by atoms with Crippen LogP contribution in [0, 0.1) is 0 Å². The quantitative estimate of drug-likeness (QED) is 0.224. The molecule has 0 unspecified atom stereocenters. The van der Waals surface area contributed by atoms with Crippen LogP contribution in [0.2, 0.25) is 5.02 Å². The number of aromatic nitrogens is 2. The first-order chi connectivity index (χ1) is 15.1. The second-order valence-electron chi connectivity index (χ2n) is 6.61. The van der Waals surface area contributed by atoms with Crippen molar-refractivity contribution in [3.63, 3.8) is 0 Å². The number of esters is 1. The Hall–Kier alpha value is -3.62. The number of Topliss-reactive ketones (excluding diaryl/α,β-unsaturated/α-hetero) is 1. The lowest BCUT2D eigenvalue weighted by Crippen LogP contribution is -2.17. The third-order valence-electron chi connectivity index (χ3n) is 4.52. The molecule has 0 fully saturated rings. The van der Waals surface area contributed by atoms with Crippen LogP contribution in [0.5, 0.6) is 0 Å².